The third kappa shape index (κ3) is 3.20. The van der Waals surface area contributed by atoms with Crippen molar-refractivity contribution >= 4 is 27.5 Å². The first-order chi connectivity index (χ1) is 9.63. The lowest BCUT2D eigenvalue weighted by Gasteiger charge is -2.12. The molecule has 0 heterocycles. The molecule has 0 radical (unpaired) electrons. The molecule has 0 fully saturated rings. The molecular formula is C16H16BrNO2. The normalized spacial score (nSPS) is 10.2. The molecule has 0 saturated heterocycles. The van der Waals surface area contributed by atoms with Crippen LogP contribution in [0.2, 0.25) is 0 Å². The van der Waals surface area contributed by atoms with Gasteiger partial charge in [-0.3, -0.25) is 4.79 Å². The van der Waals surface area contributed by atoms with Crippen LogP contribution in [0.1, 0.15) is 22.8 Å². The molecule has 2 rings (SSSR count). The first kappa shape index (κ1) is 14.6. The number of rotatable bonds is 4. The van der Waals surface area contributed by atoms with Gasteiger partial charge in [0.15, 0.2) is 0 Å². The molecule has 0 unspecified atom stereocenters. The molecular weight excluding hydrogens is 318 g/mol. The van der Waals surface area contributed by atoms with Crippen LogP contribution in [0.15, 0.2) is 46.9 Å². The predicted molar refractivity (Wildman–Crippen MR) is 84.4 cm³/mol. The van der Waals surface area contributed by atoms with Gasteiger partial charge in [-0.15, -0.1) is 0 Å². The van der Waals surface area contributed by atoms with E-state index in [-0.39, 0.29) is 5.91 Å². The Morgan fingerprint density at radius 2 is 1.95 bits per heavy atom. The summed E-state index contributed by atoms with van der Waals surface area (Å²) in [5, 5.41) is 2.89. The van der Waals surface area contributed by atoms with Crippen LogP contribution in [0.4, 0.5) is 5.69 Å². The van der Waals surface area contributed by atoms with Crippen molar-refractivity contribution in [1.82, 2.24) is 0 Å². The van der Waals surface area contributed by atoms with E-state index in [1.165, 1.54) is 0 Å². The Balaban J connectivity index is 2.26. The number of carbonyl (C=O) groups is 1. The Morgan fingerprint density at radius 3 is 2.70 bits per heavy atom. The van der Waals surface area contributed by atoms with Crippen molar-refractivity contribution in [3.8, 4) is 5.75 Å². The number of carbonyl (C=O) groups excluding carboxylic acids is 1. The van der Waals surface area contributed by atoms with Crippen LogP contribution in [-0.4, -0.2) is 12.5 Å². The Hall–Kier alpha value is -1.81. The van der Waals surface area contributed by atoms with Crippen molar-refractivity contribution in [3.63, 3.8) is 0 Å². The summed E-state index contributed by atoms with van der Waals surface area (Å²) in [6.07, 6.45) is 0. The molecule has 104 valence electrons. The van der Waals surface area contributed by atoms with Crippen LogP contribution in [0.25, 0.3) is 0 Å². The van der Waals surface area contributed by atoms with Gasteiger partial charge in [-0.05, 0) is 53.5 Å². The first-order valence-electron chi connectivity index (χ1n) is 6.41. The number of hydrogen-bond acceptors (Lipinski definition) is 2. The van der Waals surface area contributed by atoms with E-state index in [1.807, 2.05) is 50.2 Å². The van der Waals surface area contributed by atoms with Crippen LogP contribution in [-0.2, 0) is 0 Å². The number of benzene rings is 2. The summed E-state index contributed by atoms with van der Waals surface area (Å²) in [6.45, 7) is 4.42. The lowest BCUT2D eigenvalue weighted by Crippen LogP contribution is -2.14. The highest BCUT2D eigenvalue weighted by Crippen LogP contribution is 2.26. The van der Waals surface area contributed by atoms with Crippen molar-refractivity contribution < 1.29 is 9.53 Å². The second-order valence-electron chi connectivity index (χ2n) is 4.32. The molecule has 20 heavy (non-hydrogen) atoms. The molecule has 0 saturated carbocycles. The van der Waals surface area contributed by atoms with Gasteiger partial charge in [0, 0.05) is 4.47 Å². The second kappa shape index (κ2) is 6.57. The van der Waals surface area contributed by atoms with E-state index in [4.69, 9.17) is 4.74 Å². The topological polar surface area (TPSA) is 38.3 Å². The number of anilines is 1. The quantitative estimate of drug-likeness (QED) is 0.899. The van der Waals surface area contributed by atoms with Crippen molar-refractivity contribution in [2.75, 3.05) is 11.9 Å². The van der Waals surface area contributed by atoms with E-state index in [1.54, 1.807) is 6.07 Å². The minimum atomic E-state index is -0.160. The minimum absolute atomic E-state index is 0.160. The maximum absolute atomic E-state index is 12.3. The van der Waals surface area contributed by atoms with Crippen molar-refractivity contribution in [2.45, 2.75) is 13.8 Å². The summed E-state index contributed by atoms with van der Waals surface area (Å²) < 4.78 is 6.31. The van der Waals surface area contributed by atoms with E-state index in [9.17, 15) is 4.79 Å². The fraction of sp³-hybridized carbons (Fsp3) is 0.188. The summed E-state index contributed by atoms with van der Waals surface area (Å²) in [4.78, 5) is 12.3. The average Bonchev–Trinajstić information content (AvgIpc) is 2.44. The molecule has 0 bridgehead atoms. The molecule has 2 aromatic carbocycles. The molecule has 0 aromatic heterocycles. The maximum atomic E-state index is 12.3. The summed E-state index contributed by atoms with van der Waals surface area (Å²) in [7, 11) is 0. The fourth-order valence-electron chi connectivity index (χ4n) is 1.86. The molecule has 0 aliphatic heterocycles. The van der Waals surface area contributed by atoms with Crippen LogP contribution >= 0.6 is 15.9 Å². The predicted octanol–water partition coefficient (Wildman–Crippen LogP) is 4.41. The zero-order chi connectivity index (χ0) is 14.5. The Morgan fingerprint density at radius 1 is 1.20 bits per heavy atom. The number of para-hydroxylation sites is 2. The number of ether oxygens (including phenoxy) is 1. The number of aryl methyl sites for hydroxylation is 1. The lowest BCUT2D eigenvalue weighted by molar-refractivity contribution is 0.102. The van der Waals surface area contributed by atoms with Crippen molar-refractivity contribution in [2.24, 2.45) is 0 Å². The van der Waals surface area contributed by atoms with Crippen molar-refractivity contribution in [3.05, 3.63) is 58.1 Å². The molecule has 0 spiro atoms. The van der Waals surface area contributed by atoms with Crippen LogP contribution in [0, 0.1) is 6.92 Å². The monoisotopic (exact) mass is 333 g/mol. The molecule has 0 atom stereocenters. The lowest BCUT2D eigenvalue weighted by atomic mass is 10.1. The van der Waals surface area contributed by atoms with Crippen LogP contribution in [0.5, 0.6) is 5.75 Å². The van der Waals surface area contributed by atoms with Gasteiger partial charge in [0.2, 0.25) is 0 Å². The summed E-state index contributed by atoms with van der Waals surface area (Å²) in [5.74, 6) is 0.514. The van der Waals surface area contributed by atoms with E-state index >= 15 is 0 Å². The Kier molecular flexibility index (Phi) is 4.79. The highest BCUT2D eigenvalue weighted by atomic mass is 79.9. The van der Waals surface area contributed by atoms with Gasteiger partial charge in [0.25, 0.3) is 5.91 Å². The molecule has 0 aliphatic carbocycles. The number of nitrogens with one attached hydrogen (secondary N) is 1. The Labute approximate surface area is 127 Å². The zero-order valence-electron chi connectivity index (χ0n) is 11.4. The molecule has 0 aliphatic rings. The standard InChI is InChI=1S/C16H16BrNO2/c1-3-20-14-10-5-4-9-13(14)18-16(19)12-8-6-7-11(2)15(12)17/h4-10H,3H2,1-2H3,(H,18,19). The van der Waals surface area contributed by atoms with Gasteiger partial charge in [-0.1, -0.05) is 24.3 Å². The number of hydrogen-bond donors (Lipinski definition) is 1. The third-order valence-electron chi connectivity index (χ3n) is 2.87. The van der Waals surface area contributed by atoms with Crippen LogP contribution in [0.3, 0.4) is 0 Å². The third-order valence-corrected chi connectivity index (χ3v) is 3.92. The highest BCUT2D eigenvalue weighted by molar-refractivity contribution is 9.10. The van der Waals surface area contributed by atoms with E-state index in [0.29, 0.717) is 23.6 Å². The van der Waals surface area contributed by atoms with Gasteiger partial charge >= 0.3 is 0 Å². The van der Waals surface area contributed by atoms with Crippen molar-refractivity contribution in [1.29, 1.82) is 0 Å². The smallest absolute Gasteiger partial charge is 0.256 e. The molecule has 1 amide bonds. The average molecular weight is 334 g/mol. The van der Waals surface area contributed by atoms with E-state index < -0.39 is 0 Å². The number of halogens is 1. The summed E-state index contributed by atoms with van der Waals surface area (Å²) in [6, 6.07) is 13.0. The molecule has 2 aromatic rings. The summed E-state index contributed by atoms with van der Waals surface area (Å²) >= 11 is 3.45. The minimum Gasteiger partial charge on any atom is -0.492 e. The molecule has 1 N–H and O–H groups in total. The molecule has 3 nitrogen and oxygen atoms in total. The highest BCUT2D eigenvalue weighted by Gasteiger charge is 2.13. The van der Waals surface area contributed by atoms with Gasteiger partial charge in [-0.25, -0.2) is 0 Å². The largest absolute Gasteiger partial charge is 0.492 e. The van der Waals surface area contributed by atoms with Gasteiger partial charge < -0.3 is 10.1 Å². The van der Waals surface area contributed by atoms with Gasteiger partial charge in [0.05, 0.1) is 17.9 Å². The fourth-order valence-corrected chi connectivity index (χ4v) is 2.31. The second-order valence-corrected chi connectivity index (χ2v) is 5.11. The first-order valence-corrected chi connectivity index (χ1v) is 7.21. The molecule has 4 heteroatoms. The zero-order valence-corrected chi connectivity index (χ0v) is 13.0. The SMILES string of the molecule is CCOc1ccccc1NC(=O)c1cccc(C)c1Br. The van der Waals surface area contributed by atoms with Crippen LogP contribution < -0.4 is 10.1 Å². The van der Waals surface area contributed by atoms with Gasteiger partial charge in [0.1, 0.15) is 5.75 Å². The Bertz CT molecular complexity index is 626. The maximum Gasteiger partial charge on any atom is 0.256 e. The van der Waals surface area contributed by atoms with Gasteiger partial charge in [-0.2, -0.15) is 0 Å². The van der Waals surface area contributed by atoms with E-state index in [2.05, 4.69) is 21.2 Å². The summed E-state index contributed by atoms with van der Waals surface area (Å²) in [5.41, 5.74) is 2.31. The van der Waals surface area contributed by atoms with E-state index in [0.717, 1.165) is 10.0 Å². The number of amides is 1.